The van der Waals surface area contributed by atoms with Crippen LogP contribution in [0, 0.1) is 0 Å². The van der Waals surface area contributed by atoms with Gasteiger partial charge in [-0.05, 0) is 38.6 Å². The minimum Gasteiger partial charge on any atom is -0.352 e. The summed E-state index contributed by atoms with van der Waals surface area (Å²) in [7, 11) is 0. The summed E-state index contributed by atoms with van der Waals surface area (Å²) in [6.07, 6.45) is 5.79. The van der Waals surface area contributed by atoms with Crippen LogP contribution >= 0.6 is 0 Å². The fourth-order valence-electron chi connectivity index (χ4n) is 1.76. The van der Waals surface area contributed by atoms with Gasteiger partial charge in [0.15, 0.2) is 0 Å². The van der Waals surface area contributed by atoms with Gasteiger partial charge in [-0.1, -0.05) is 0 Å². The highest BCUT2D eigenvalue weighted by molar-refractivity contribution is 5.82. The molecule has 1 aliphatic carbocycles. The molecule has 0 bridgehead atoms. The Morgan fingerprint density at radius 1 is 1.25 bits per heavy atom. The molecule has 2 fully saturated rings. The molecule has 0 aromatic heterocycles. The monoisotopic (exact) mass is 168 g/mol. The Labute approximate surface area is 72.9 Å². The number of hydrogen-bond acceptors (Lipinski definition) is 2. The quantitative estimate of drug-likeness (QED) is 0.627. The van der Waals surface area contributed by atoms with E-state index in [0.29, 0.717) is 6.04 Å². The van der Waals surface area contributed by atoms with Crippen molar-refractivity contribution in [1.29, 1.82) is 0 Å². The molecule has 1 saturated carbocycles. The van der Waals surface area contributed by atoms with Crippen molar-refractivity contribution in [2.75, 3.05) is 6.54 Å². The van der Waals surface area contributed by atoms with Gasteiger partial charge in [-0.15, -0.1) is 0 Å². The lowest BCUT2D eigenvalue weighted by Gasteiger charge is -2.27. The molecule has 2 N–H and O–H groups in total. The normalized spacial score (nSPS) is 29.8. The van der Waals surface area contributed by atoms with Crippen LogP contribution in [0.2, 0.25) is 0 Å². The molecule has 1 aliphatic heterocycles. The summed E-state index contributed by atoms with van der Waals surface area (Å²) < 4.78 is 0. The lowest BCUT2D eigenvalue weighted by atomic mass is 9.93. The predicted octanol–water partition coefficient (Wildman–Crippen LogP) is 0.407. The van der Waals surface area contributed by atoms with E-state index in [2.05, 4.69) is 10.6 Å². The van der Waals surface area contributed by atoms with Gasteiger partial charge in [-0.3, -0.25) is 4.79 Å². The Bertz CT molecular complexity index is 171. The van der Waals surface area contributed by atoms with Crippen LogP contribution in [-0.2, 0) is 4.79 Å². The highest BCUT2D eigenvalue weighted by Gasteiger charge is 2.26. The third-order valence-corrected chi connectivity index (χ3v) is 2.83. The Hall–Kier alpha value is -0.570. The molecule has 0 aromatic carbocycles. The van der Waals surface area contributed by atoms with Crippen molar-refractivity contribution in [3.05, 3.63) is 0 Å². The van der Waals surface area contributed by atoms with Crippen molar-refractivity contribution >= 4 is 5.91 Å². The first kappa shape index (κ1) is 8.05. The highest BCUT2D eigenvalue weighted by atomic mass is 16.2. The molecule has 12 heavy (non-hydrogen) atoms. The molecule has 2 rings (SSSR count). The van der Waals surface area contributed by atoms with Gasteiger partial charge in [0, 0.05) is 6.04 Å². The molecule has 3 nitrogen and oxygen atoms in total. The summed E-state index contributed by atoms with van der Waals surface area (Å²) in [5.74, 6) is 0.220. The second-order valence-electron chi connectivity index (χ2n) is 3.79. The third kappa shape index (κ3) is 1.61. The van der Waals surface area contributed by atoms with Crippen molar-refractivity contribution in [1.82, 2.24) is 10.6 Å². The van der Waals surface area contributed by atoms with E-state index in [9.17, 15) is 4.79 Å². The summed E-state index contributed by atoms with van der Waals surface area (Å²) in [5.41, 5.74) is 0. The average Bonchev–Trinajstić information content (AvgIpc) is 2.47. The van der Waals surface area contributed by atoms with Gasteiger partial charge < -0.3 is 10.6 Å². The average molecular weight is 168 g/mol. The largest absolute Gasteiger partial charge is 0.352 e. The van der Waals surface area contributed by atoms with Gasteiger partial charge in [0.25, 0.3) is 0 Å². The maximum absolute atomic E-state index is 11.5. The minimum absolute atomic E-state index is 0.102. The zero-order chi connectivity index (χ0) is 8.39. The zero-order valence-electron chi connectivity index (χ0n) is 7.31. The summed E-state index contributed by atoms with van der Waals surface area (Å²) in [6, 6.07) is 0.588. The van der Waals surface area contributed by atoms with E-state index < -0.39 is 0 Å². The molecule has 0 aromatic rings. The fourth-order valence-corrected chi connectivity index (χ4v) is 1.76. The summed E-state index contributed by atoms with van der Waals surface area (Å²) in [6.45, 7) is 1.00. The first-order valence-electron chi connectivity index (χ1n) is 4.90. The van der Waals surface area contributed by atoms with E-state index in [0.717, 1.165) is 19.4 Å². The van der Waals surface area contributed by atoms with Gasteiger partial charge in [0.05, 0.1) is 6.04 Å². The molecular formula is C9H16N2O. The zero-order valence-corrected chi connectivity index (χ0v) is 7.31. The van der Waals surface area contributed by atoms with Crippen molar-refractivity contribution in [2.45, 2.75) is 44.2 Å². The molecule has 0 spiro atoms. The van der Waals surface area contributed by atoms with E-state index in [1.165, 1.54) is 19.3 Å². The number of hydrogen-bond donors (Lipinski definition) is 2. The van der Waals surface area contributed by atoms with Gasteiger partial charge in [0.2, 0.25) is 5.91 Å². The molecule has 1 atom stereocenters. The smallest absolute Gasteiger partial charge is 0.237 e. The fraction of sp³-hybridized carbons (Fsp3) is 0.889. The molecule has 1 amide bonds. The second-order valence-corrected chi connectivity index (χ2v) is 3.79. The number of carbonyl (C=O) groups excluding carboxylic acids is 1. The van der Waals surface area contributed by atoms with Gasteiger partial charge in [0.1, 0.15) is 0 Å². The van der Waals surface area contributed by atoms with Crippen LogP contribution in [-0.4, -0.2) is 24.5 Å². The van der Waals surface area contributed by atoms with Crippen LogP contribution in [0.15, 0.2) is 0 Å². The van der Waals surface area contributed by atoms with Crippen LogP contribution in [0.3, 0.4) is 0 Å². The maximum Gasteiger partial charge on any atom is 0.237 e. The number of carbonyl (C=O) groups is 1. The molecule has 1 unspecified atom stereocenters. The van der Waals surface area contributed by atoms with E-state index in [4.69, 9.17) is 0 Å². The predicted molar refractivity (Wildman–Crippen MR) is 46.8 cm³/mol. The van der Waals surface area contributed by atoms with Crippen molar-refractivity contribution in [2.24, 2.45) is 0 Å². The summed E-state index contributed by atoms with van der Waals surface area (Å²) in [5, 5.41) is 6.25. The Kier molecular flexibility index (Phi) is 2.30. The topological polar surface area (TPSA) is 41.1 Å². The Morgan fingerprint density at radius 2 is 2.08 bits per heavy atom. The van der Waals surface area contributed by atoms with Gasteiger partial charge in [-0.25, -0.2) is 0 Å². The molecule has 68 valence electrons. The highest BCUT2D eigenvalue weighted by Crippen LogP contribution is 2.18. The first-order valence-corrected chi connectivity index (χ1v) is 4.90. The van der Waals surface area contributed by atoms with Crippen LogP contribution in [0.4, 0.5) is 0 Å². The number of amides is 1. The van der Waals surface area contributed by atoms with E-state index in [1.807, 2.05) is 0 Å². The van der Waals surface area contributed by atoms with Crippen molar-refractivity contribution in [3.63, 3.8) is 0 Å². The summed E-state index contributed by atoms with van der Waals surface area (Å²) >= 11 is 0. The molecular weight excluding hydrogens is 152 g/mol. The maximum atomic E-state index is 11.5. The third-order valence-electron chi connectivity index (χ3n) is 2.83. The Morgan fingerprint density at radius 3 is 2.58 bits per heavy atom. The van der Waals surface area contributed by atoms with E-state index in [-0.39, 0.29) is 11.9 Å². The number of nitrogens with one attached hydrogen (secondary N) is 2. The van der Waals surface area contributed by atoms with Crippen LogP contribution in [0.1, 0.15) is 32.1 Å². The molecule has 1 heterocycles. The van der Waals surface area contributed by atoms with Crippen LogP contribution in [0.5, 0.6) is 0 Å². The minimum atomic E-state index is 0.102. The molecule has 2 aliphatic rings. The van der Waals surface area contributed by atoms with E-state index in [1.54, 1.807) is 0 Å². The number of rotatable bonds is 2. The van der Waals surface area contributed by atoms with Crippen LogP contribution in [0.25, 0.3) is 0 Å². The molecule has 0 radical (unpaired) electrons. The molecule has 3 heteroatoms. The lowest BCUT2D eigenvalue weighted by Crippen LogP contribution is -2.47. The Balaban J connectivity index is 1.74. The summed E-state index contributed by atoms with van der Waals surface area (Å²) in [4.78, 5) is 11.5. The first-order chi connectivity index (χ1) is 5.86. The van der Waals surface area contributed by atoms with E-state index >= 15 is 0 Å². The lowest BCUT2D eigenvalue weighted by molar-refractivity contribution is -0.124. The van der Waals surface area contributed by atoms with Crippen molar-refractivity contribution in [3.8, 4) is 0 Å². The molecule has 1 saturated heterocycles. The van der Waals surface area contributed by atoms with Gasteiger partial charge >= 0.3 is 0 Å². The SMILES string of the molecule is O=C(NC1CCC1)C1CCCN1. The van der Waals surface area contributed by atoms with Crippen LogP contribution < -0.4 is 10.6 Å². The standard InChI is InChI=1S/C9H16N2O/c12-9(8-5-2-6-10-8)11-7-3-1-4-7/h7-8,10H,1-6H2,(H,11,12). The van der Waals surface area contributed by atoms with Crippen molar-refractivity contribution < 1.29 is 4.79 Å². The second kappa shape index (κ2) is 3.44. The van der Waals surface area contributed by atoms with Gasteiger partial charge in [-0.2, -0.15) is 0 Å².